The lowest BCUT2D eigenvalue weighted by Gasteiger charge is -2.17. The van der Waals surface area contributed by atoms with Gasteiger partial charge in [0.05, 0.1) is 32.8 Å². The molecular formula is C14H24N2O2+2. The Labute approximate surface area is 109 Å². The summed E-state index contributed by atoms with van der Waals surface area (Å²) in [6, 6.07) is 5.74. The number of benzene rings is 1. The van der Waals surface area contributed by atoms with Crippen LogP contribution in [0.3, 0.4) is 0 Å². The first-order chi connectivity index (χ1) is 8.70. The van der Waals surface area contributed by atoms with Crippen LogP contribution in [0.4, 0.5) is 0 Å². The zero-order chi connectivity index (χ0) is 13.0. The summed E-state index contributed by atoms with van der Waals surface area (Å²) in [6.45, 7) is 5.71. The molecule has 2 rings (SSSR count). The summed E-state index contributed by atoms with van der Waals surface area (Å²) in [5, 5.41) is 10.1. The van der Waals surface area contributed by atoms with Crippen molar-refractivity contribution in [1.82, 2.24) is 0 Å². The first-order valence-electron chi connectivity index (χ1n) is 6.70. The number of para-hydroxylation sites is 1. The van der Waals surface area contributed by atoms with Crippen LogP contribution in [-0.2, 0) is 6.54 Å². The van der Waals surface area contributed by atoms with E-state index in [0.717, 1.165) is 12.1 Å². The highest BCUT2D eigenvalue weighted by Gasteiger charge is 2.19. The van der Waals surface area contributed by atoms with Crippen LogP contribution in [-0.4, -0.2) is 45.4 Å². The van der Waals surface area contributed by atoms with Gasteiger partial charge >= 0.3 is 0 Å². The number of nitrogens with one attached hydrogen (secondary N) is 2. The normalized spacial score (nSPS) is 24.6. The lowest BCUT2D eigenvalue weighted by atomic mass is 10.1. The molecule has 2 atom stereocenters. The molecule has 1 aliphatic heterocycles. The largest absolute Gasteiger partial charge is 0.504 e. The third-order valence-electron chi connectivity index (χ3n) is 3.78. The van der Waals surface area contributed by atoms with Crippen LogP contribution >= 0.6 is 0 Å². The Morgan fingerprint density at radius 3 is 2.83 bits per heavy atom. The van der Waals surface area contributed by atoms with Gasteiger partial charge in [0, 0.05) is 6.42 Å². The molecule has 0 amide bonds. The predicted octanol–water partition coefficient (Wildman–Crippen LogP) is -1.30. The molecule has 0 spiro atoms. The lowest BCUT2D eigenvalue weighted by molar-refractivity contribution is -0.938. The quantitative estimate of drug-likeness (QED) is 0.626. The van der Waals surface area contributed by atoms with Crippen molar-refractivity contribution in [2.24, 2.45) is 0 Å². The summed E-state index contributed by atoms with van der Waals surface area (Å²) in [7, 11) is 3.85. The topological polar surface area (TPSA) is 38.3 Å². The van der Waals surface area contributed by atoms with Gasteiger partial charge < -0.3 is 19.6 Å². The fourth-order valence-corrected chi connectivity index (χ4v) is 2.60. The molecule has 4 heteroatoms. The molecular weight excluding hydrogens is 228 g/mol. The van der Waals surface area contributed by atoms with Gasteiger partial charge in [-0.05, 0) is 12.1 Å². The van der Waals surface area contributed by atoms with E-state index >= 15 is 0 Å². The van der Waals surface area contributed by atoms with Crippen molar-refractivity contribution in [3.05, 3.63) is 23.8 Å². The summed E-state index contributed by atoms with van der Waals surface area (Å²) in [6.07, 6.45) is 1.26. The second-order valence-electron chi connectivity index (χ2n) is 5.21. The molecule has 2 unspecified atom stereocenters. The summed E-state index contributed by atoms with van der Waals surface area (Å²) >= 11 is 0. The third-order valence-corrected chi connectivity index (χ3v) is 3.78. The number of phenols is 1. The highest BCUT2D eigenvalue weighted by molar-refractivity contribution is 5.44. The standard InChI is InChI=1S/C14H22N2O2/c1-15-7-4-8-16(10-9-15)11-12-5-3-6-13(18-2)14(12)17/h3,5-6,17H,4,7-11H2,1-2H3/p+2. The van der Waals surface area contributed by atoms with Gasteiger partial charge in [0.15, 0.2) is 11.5 Å². The van der Waals surface area contributed by atoms with Crippen LogP contribution in [0.25, 0.3) is 0 Å². The molecule has 18 heavy (non-hydrogen) atoms. The van der Waals surface area contributed by atoms with Crippen LogP contribution in [0, 0.1) is 0 Å². The zero-order valence-electron chi connectivity index (χ0n) is 11.3. The highest BCUT2D eigenvalue weighted by atomic mass is 16.5. The van der Waals surface area contributed by atoms with Crippen LogP contribution in [0.5, 0.6) is 11.5 Å². The van der Waals surface area contributed by atoms with E-state index < -0.39 is 0 Å². The molecule has 4 nitrogen and oxygen atoms in total. The van der Waals surface area contributed by atoms with Crippen molar-refractivity contribution >= 4 is 0 Å². The Balaban J connectivity index is 2.04. The molecule has 0 aliphatic carbocycles. The van der Waals surface area contributed by atoms with Gasteiger partial charge in [-0.25, -0.2) is 0 Å². The first kappa shape index (κ1) is 13.2. The Hall–Kier alpha value is -1.26. The van der Waals surface area contributed by atoms with Crippen molar-refractivity contribution in [2.45, 2.75) is 13.0 Å². The number of methoxy groups -OCH3 is 1. The van der Waals surface area contributed by atoms with Crippen LogP contribution in [0.2, 0.25) is 0 Å². The molecule has 3 N–H and O–H groups in total. The first-order valence-corrected chi connectivity index (χ1v) is 6.70. The number of hydrogen-bond acceptors (Lipinski definition) is 2. The van der Waals surface area contributed by atoms with Crippen molar-refractivity contribution in [2.75, 3.05) is 40.3 Å². The van der Waals surface area contributed by atoms with Gasteiger partial charge in [-0.1, -0.05) is 6.07 Å². The number of hydrogen-bond donors (Lipinski definition) is 3. The molecule has 1 saturated heterocycles. The number of aromatic hydroxyl groups is 1. The maximum Gasteiger partial charge on any atom is 0.166 e. The van der Waals surface area contributed by atoms with Gasteiger partial charge in [0.25, 0.3) is 0 Å². The van der Waals surface area contributed by atoms with Gasteiger partial charge in [-0.15, -0.1) is 0 Å². The second-order valence-corrected chi connectivity index (χ2v) is 5.21. The predicted molar refractivity (Wildman–Crippen MR) is 70.3 cm³/mol. The average Bonchev–Trinajstić information content (AvgIpc) is 2.57. The van der Waals surface area contributed by atoms with E-state index in [1.807, 2.05) is 12.1 Å². The Bertz CT molecular complexity index is 395. The minimum Gasteiger partial charge on any atom is -0.504 e. The maximum absolute atomic E-state index is 10.1. The molecule has 1 heterocycles. The van der Waals surface area contributed by atoms with E-state index in [-0.39, 0.29) is 0 Å². The summed E-state index contributed by atoms with van der Waals surface area (Å²) < 4.78 is 5.15. The summed E-state index contributed by atoms with van der Waals surface area (Å²) in [5.41, 5.74) is 0.990. The van der Waals surface area contributed by atoms with E-state index in [9.17, 15) is 5.11 Å². The zero-order valence-corrected chi connectivity index (χ0v) is 11.3. The third kappa shape index (κ3) is 3.15. The SMILES string of the molecule is COc1cccc(C[NH+]2CCC[NH+](C)CC2)c1O. The number of ether oxygens (including phenoxy) is 1. The van der Waals surface area contributed by atoms with Crippen molar-refractivity contribution in [1.29, 1.82) is 0 Å². The van der Waals surface area contributed by atoms with Gasteiger partial charge in [0.1, 0.15) is 19.6 Å². The minimum atomic E-state index is 0.303. The Morgan fingerprint density at radius 1 is 1.22 bits per heavy atom. The molecule has 1 aliphatic rings. The Kier molecular flexibility index (Phi) is 4.44. The summed E-state index contributed by atoms with van der Waals surface area (Å²) in [5.74, 6) is 0.877. The number of rotatable bonds is 3. The maximum atomic E-state index is 10.1. The van der Waals surface area contributed by atoms with Crippen LogP contribution in [0.1, 0.15) is 12.0 Å². The van der Waals surface area contributed by atoms with Gasteiger partial charge in [-0.3, -0.25) is 0 Å². The average molecular weight is 252 g/mol. The number of phenolic OH excluding ortho intramolecular Hbond substituents is 1. The van der Waals surface area contributed by atoms with Crippen LogP contribution in [0.15, 0.2) is 18.2 Å². The van der Waals surface area contributed by atoms with E-state index in [1.165, 1.54) is 32.6 Å². The van der Waals surface area contributed by atoms with Crippen LogP contribution < -0.4 is 14.5 Å². The smallest absolute Gasteiger partial charge is 0.166 e. The van der Waals surface area contributed by atoms with Gasteiger partial charge in [0.2, 0.25) is 0 Å². The lowest BCUT2D eigenvalue weighted by Crippen LogP contribution is -3.15. The second kappa shape index (κ2) is 6.07. The molecule has 1 aromatic carbocycles. The van der Waals surface area contributed by atoms with Gasteiger partial charge in [-0.2, -0.15) is 0 Å². The van der Waals surface area contributed by atoms with E-state index in [4.69, 9.17) is 4.74 Å². The minimum absolute atomic E-state index is 0.303. The van der Waals surface area contributed by atoms with Crippen molar-refractivity contribution in [3.8, 4) is 11.5 Å². The van der Waals surface area contributed by atoms with E-state index in [1.54, 1.807) is 23.0 Å². The molecule has 0 bridgehead atoms. The summed E-state index contributed by atoms with van der Waals surface area (Å²) in [4.78, 5) is 3.16. The van der Waals surface area contributed by atoms with E-state index in [0.29, 0.717) is 11.5 Å². The molecule has 0 radical (unpaired) electrons. The fraction of sp³-hybridized carbons (Fsp3) is 0.571. The molecule has 100 valence electrons. The number of likely N-dealkylation sites (N-methyl/N-ethyl adjacent to an activating group) is 1. The molecule has 0 saturated carbocycles. The Morgan fingerprint density at radius 2 is 2.06 bits per heavy atom. The van der Waals surface area contributed by atoms with Crippen molar-refractivity contribution in [3.63, 3.8) is 0 Å². The van der Waals surface area contributed by atoms with Crippen molar-refractivity contribution < 1.29 is 19.6 Å². The monoisotopic (exact) mass is 252 g/mol. The molecule has 1 fully saturated rings. The van der Waals surface area contributed by atoms with E-state index in [2.05, 4.69) is 7.05 Å². The molecule has 1 aromatic rings. The highest BCUT2D eigenvalue weighted by Crippen LogP contribution is 2.28. The molecule has 0 aromatic heterocycles. The number of quaternary nitrogens is 2. The fourth-order valence-electron chi connectivity index (χ4n) is 2.60.